The zero-order valence-corrected chi connectivity index (χ0v) is 11.6. The van der Waals surface area contributed by atoms with E-state index in [2.05, 4.69) is 4.98 Å². The lowest BCUT2D eigenvalue weighted by Gasteiger charge is -2.17. The van der Waals surface area contributed by atoms with Crippen LogP contribution in [0.5, 0.6) is 0 Å². The quantitative estimate of drug-likeness (QED) is 0.806. The summed E-state index contributed by atoms with van der Waals surface area (Å²) in [5.74, 6) is -0.412. The second kappa shape index (κ2) is 5.89. The number of hydrogen-bond donors (Lipinski definition) is 0. The number of aromatic nitrogens is 2. The molecule has 0 aliphatic heterocycles. The molecule has 5 heteroatoms. The summed E-state index contributed by atoms with van der Waals surface area (Å²) >= 11 is 6.08. The highest BCUT2D eigenvalue weighted by molar-refractivity contribution is 6.28. The molecule has 1 unspecified atom stereocenters. The summed E-state index contributed by atoms with van der Waals surface area (Å²) in [7, 11) is 0. The zero-order valence-electron chi connectivity index (χ0n) is 10.8. The molecule has 0 saturated heterocycles. The SMILES string of the molecule is CCOC(=O)c1cnc(Cl)n1C(C)c1ccccc1. The molecule has 0 spiro atoms. The number of halogens is 1. The molecule has 1 atom stereocenters. The molecule has 0 amide bonds. The fourth-order valence-corrected chi connectivity index (χ4v) is 2.23. The Morgan fingerprint density at radius 1 is 1.42 bits per heavy atom. The first kappa shape index (κ1) is 13.6. The van der Waals surface area contributed by atoms with E-state index in [1.165, 1.54) is 6.20 Å². The van der Waals surface area contributed by atoms with E-state index in [0.29, 0.717) is 12.3 Å². The highest BCUT2D eigenvalue weighted by Crippen LogP contribution is 2.24. The largest absolute Gasteiger partial charge is 0.461 e. The van der Waals surface area contributed by atoms with Gasteiger partial charge >= 0.3 is 5.97 Å². The molecule has 0 aliphatic rings. The predicted molar refractivity (Wildman–Crippen MR) is 73.4 cm³/mol. The average molecular weight is 279 g/mol. The van der Waals surface area contributed by atoms with Crippen LogP contribution in [0, 0.1) is 0 Å². The first-order valence-corrected chi connectivity index (χ1v) is 6.47. The van der Waals surface area contributed by atoms with Gasteiger partial charge in [0.2, 0.25) is 5.28 Å². The Morgan fingerprint density at radius 3 is 2.74 bits per heavy atom. The maximum absolute atomic E-state index is 11.9. The maximum Gasteiger partial charge on any atom is 0.356 e. The molecule has 2 aromatic rings. The summed E-state index contributed by atoms with van der Waals surface area (Å²) in [4.78, 5) is 15.9. The number of carbonyl (C=O) groups is 1. The van der Waals surface area contributed by atoms with E-state index in [9.17, 15) is 4.79 Å². The van der Waals surface area contributed by atoms with E-state index in [-0.39, 0.29) is 11.3 Å². The number of ether oxygens (including phenoxy) is 1. The van der Waals surface area contributed by atoms with E-state index >= 15 is 0 Å². The molecule has 1 aromatic carbocycles. The van der Waals surface area contributed by atoms with Crippen LogP contribution in [0.3, 0.4) is 0 Å². The Hall–Kier alpha value is -1.81. The van der Waals surface area contributed by atoms with Crippen LogP contribution in [0.15, 0.2) is 36.5 Å². The number of carbonyl (C=O) groups excluding carboxylic acids is 1. The minimum atomic E-state index is -0.412. The van der Waals surface area contributed by atoms with E-state index in [4.69, 9.17) is 16.3 Å². The smallest absolute Gasteiger partial charge is 0.356 e. The molecule has 100 valence electrons. The van der Waals surface area contributed by atoms with Gasteiger partial charge in [-0.1, -0.05) is 30.3 Å². The summed E-state index contributed by atoms with van der Waals surface area (Å²) in [6.45, 7) is 4.05. The standard InChI is InChI=1S/C14H15ClN2O2/c1-3-19-13(18)12-9-16-14(15)17(12)10(2)11-7-5-4-6-8-11/h4-10H,3H2,1-2H3. The van der Waals surface area contributed by atoms with Crippen LogP contribution in [0.2, 0.25) is 5.28 Å². The molecule has 0 radical (unpaired) electrons. The van der Waals surface area contributed by atoms with Gasteiger partial charge in [0, 0.05) is 0 Å². The number of rotatable bonds is 4. The van der Waals surface area contributed by atoms with Crippen LogP contribution in [-0.4, -0.2) is 22.1 Å². The van der Waals surface area contributed by atoms with Gasteiger partial charge in [0.1, 0.15) is 5.69 Å². The lowest BCUT2D eigenvalue weighted by Crippen LogP contribution is -2.16. The van der Waals surface area contributed by atoms with Gasteiger partial charge < -0.3 is 9.30 Å². The molecule has 19 heavy (non-hydrogen) atoms. The zero-order chi connectivity index (χ0) is 13.8. The van der Waals surface area contributed by atoms with Gasteiger partial charge in [0.15, 0.2) is 0 Å². The van der Waals surface area contributed by atoms with Gasteiger partial charge in [0.25, 0.3) is 0 Å². The molecule has 0 fully saturated rings. The molecule has 0 aliphatic carbocycles. The van der Waals surface area contributed by atoms with Crippen molar-refractivity contribution in [1.29, 1.82) is 0 Å². The first-order valence-electron chi connectivity index (χ1n) is 6.10. The third kappa shape index (κ3) is 2.79. The van der Waals surface area contributed by atoms with Gasteiger partial charge in [-0.15, -0.1) is 0 Å². The Kier molecular flexibility index (Phi) is 4.22. The fourth-order valence-electron chi connectivity index (χ4n) is 1.94. The van der Waals surface area contributed by atoms with Crippen LogP contribution in [-0.2, 0) is 4.74 Å². The summed E-state index contributed by atoms with van der Waals surface area (Å²) in [5.41, 5.74) is 1.41. The monoisotopic (exact) mass is 278 g/mol. The van der Waals surface area contributed by atoms with Crippen LogP contribution in [0.1, 0.15) is 35.9 Å². The molecule has 2 rings (SSSR count). The van der Waals surface area contributed by atoms with Crippen molar-refractivity contribution in [3.63, 3.8) is 0 Å². The van der Waals surface area contributed by atoms with Crippen molar-refractivity contribution in [2.24, 2.45) is 0 Å². The van der Waals surface area contributed by atoms with Gasteiger partial charge in [-0.05, 0) is 31.0 Å². The van der Waals surface area contributed by atoms with Crippen molar-refractivity contribution in [3.05, 3.63) is 53.1 Å². The van der Waals surface area contributed by atoms with Crippen LogP contribution in [0.25, 0.3) is 0 Å². The molecule has 0 saturated carbocycles. The highest BCUT2D eigenvalue weighted by Gasteiger charge is 2.21. The van der Waals surface area contributed by atoms with Crippen LogP contribution < -0.4 is 0 Å². The molecular formula is C14H15ClN2O2. The second-order valence-corrected chi connectivity index (χ2v) is 4.43. The Bertz CT molecular complexity index is 566. The fraction of sp³-hybridized carbons (Fsp3) is 0.286. The van der Waals surface area contributed by atoms with Crippen molar-refractivity contribution in [1.82, 2.24) is 9.55 Å². The minimum absolute atomic E-state index is 0.0874. The normalized spacial score (nSPS) is 12.2. The summed E-state index contributed by atoms with van der Waals surface area (Å²) in [6, 6.07) is 9.71. The first-order chi connectivity index (χ1) is 9.15. The molecule has 1 heterocycles. The van der Waals surface area contributed by atoms with Gasteiger partial charge in [-0.25, -0.2) is 9.78 Å². The lowest BCUT2D eigenvalue weighted by atomic mass is 10.1. The van der Waals surface area contributed by atoms with E-state index < -0.39 is 5.97 Å². The van der Waals surface area contributed by atoms with Gasteiger partial charge in [-0.3, -0.25) is 0 Å². The summed E-state index contributed by atoms with van der Waals surface area (Å²) < 4.78 is 6.69. The Balaban J connectivity index is 2.39. The van der Waals surface area contributed by atoms with E-state index in [1.54, 1.807) is 11.5 Å². The Labute approximate surface area is 117 Å². The number of benzene rings is 1. The third-order valence-corrected chi connectivity index (χ3v) is 3.19. The Morgan fingerprint density at radius 2 is 2.11 bits per heavy atom. The molecule has 0 N–H and O–H groups in total. The highest BCUT2D eigenvalue weighted by atomic mass is 35.5. The van der Waals surface area contributed by atoms with Crippen LogP contribution in [0.4, 0.5) is 0 Å². The molecule has 0 bridgehead atoms. The topological polar surface area (TPSA) is 44.1 Å². The molecule has 1 aromatic heterocycles. The van der Waals surface area contributed by atoms with Crippen LogP contribution >= 0.6 is 11.6 Å². The number of nitrogens with zero attached hydrogens (tertiary/aromatic N) is 2. The molecular weight excluding hydrogens is 264 g/mol. The lowest BCUT2D eigenvalue weighted by molar-refractivity contribution is 0.0512. The van der Waals surface area contributed by atoms with Crippen molar-refractivity contribution >= 4 is 17.6 Å². The second-order valence-electron chi connectivity index (χ2n) is 4.09. The number of hydrogen-bond acceptors (Lipinski definition) is 3. The molecule has 4 nitrogen and oxygen atoms in total. The minimum Gasteiger partial charge on any atom is -0.461 e. The predicted octanol–water partition coefficient (Wildman–Crippen LogP) is 3.32. The van der Waals surface area contributed by atoms with E-state index in [0.717, 1.165) is 5.56 Å². The van der Waals surface area contributed by atoms with Crippen molar-refractivity contribution in [2.45, 2.75) is 19.9 Å². The summed E-state index contributed by atoms with van der Waals surface area (Å²) in [5, 5.41) is 0.277. The van der Waals surface area contributed by atoms with Crippen molar-refractivity contribution in [2.75, 3.05) is 6.61 Å². The van der Waals surface area contributed by atoms with Crippen molar-refractivity contribution < 1.29 is 9.53 Å². The average Bonchev–Trinajstić information content (AvgIpc) is 2.81. The van der Waals surface area contributed by atoms with E-state index in [1.807, 2.05) is 37.3 Å². The van der Waals surface area contributed by atoms with Gasteiger partial charge in [0.05, 0.1) is 18.8 Å². The third-order valence-electron chi connectivity index (χ3n) is 2.91. The maximum atomic E-state index is 11.9. The number of imidazole rings is 1. The summed E-state index contributed by atoms with van der Waals surface area (Å²) in [6.07, 6.45) is 1.44. The number of esters is 1. The van der Waals surface area contributed by atoms with Gasteiger partial charge in [-0.2, -0.15) is 0 Å². The van der Waals surface area contributed by atoms with Crippen molar-refractivity contribution in [3.8, 4) is 0 Å².